The van der Waals surface area contributed by atoms with Crippen molar-refractivity contribution in [2.24, 2.45) is 5.92 Å². The Labute approximate surface area is 69.2 Å². The molecule has 0 aromatic carbocycles. The highest BCUT2D eigenvalue weighted by molar-refractivity contribution is 4.87. The molecule has 2 heteroatoms. The Kier molecular flexibility index (Phi) is 2.55. The maximum atomic E-state index is 10.0. The van der Waals surface area contributed by atoms with Crippen LogP contribution in [-0.4, -0.2) is 35.7 Å². The molecule has 2 nitrogen and oxygen atoms in total. The van der Waals surface area contributed by atoms with Gasteiger partial charge in [-0.05, 0) is 25.8 Å². The summed E-state index contributed by atoms with van der Waals surface area (Å²) in [6.07, 6.45) is 1.86. The van der Waals surface area contributed by atoms with Gasteiger partial charge in [0, 0.05) is 13.1 Å². The molecule has 1 fully saturated rings. The van der Waals surface area contributed by atoms with Crippen LogP contribution >= 0.6 is 0 Å². The molecule has 0 aromatic heterocycles. The predicted molar refractivity (Wildman–Crippen MR) is 46.5 cm³/mol. The molecule has 1 heterocycles. The molecule has 0 saturated carbocycles. The first-order chi connectivity index (χ1) is 5.04. The largest absolute Gasteiger partial charge is 0.390 e. The van der Waals surface area contributed by atoms with Gasteiger partial charge in [0.2, 0.25) is 0 Å². The van der Waals surface area contributed by atoms with Crippen molar-refractivity contribution in [1.29, 1.82) is 0 Å². The van der Waals surface area contributed by atoms with Crippen LogP contribution < -0.4 is 0 Å². The number of piperidine rings is 1. The highest BCUT2D eigenvalue weighted by Gasteiger charge is 2.33. The normalized spacial score (nSPS) is 25.9. The van der Waals surface area contributed by atoms with Gasteiger partial charge in [0.15, 0.2) is 0 Å². The quantitative estimate of drug-likeness (QED) is 0.616. The highest BCUT2D eigenvalue weighted by Crippen LogP contribution is 2.28. The van der Waals surface area contributed by atoms with Crippen LogP contribution in [0.25, 0.3) is 0 Å². The summed E-state index contributed by atoms with van der Waals surface area (Å²) in [5.41, 5.74) is -0.382. The van der Waals surface area contributed by atoms with Gasteiger partial charge in [0.25, 0.3) is 0 Å². The van der Waals surface area contributed by atoms with Crippen LogP contribution in [0, 0.1) is 5.92 Å². The number of aliphatic hydroxyl groups is 1. The molecule has 0 atom stereocenters. The van der Waals surface area contributed by atoms with Crippen molar-refractivity contribution >= 4 is 0 Å². The maximum Gasteiger partial charge on any atom is 0.0694 e. The Balaban J connectivity index is 2.48. The van der Waals surface area contributed by atoms with Crippen LogP contribution in [0.1, 0.15) is 26.7 Å². The van der Waals surface area contributed by atoms with E-state index in [0.29, 0.717) is 5.92 Å². The smallest absolute Gasteiger partial charge is 0.0694 e. The van der Waals surface area contributed by atoms with E-state index < -0.39 is 0 Å². The summed E-state index contributed by atoms with van der Waals surface area (Å²) in [6, 6.07) is 0. The lowest BCUT2D eigenvalue weighted by molar-refractivity contribution is -0.0521. The second-order valence-electron chi connectivity index (χ2n) is 4.06. The fourth-order valence-electron chi connectivity index (χ4n) is 1.58. The number of likely N-dealkylation sites (tertiary alicyclic amines) is 1. The summed E-state index contributed by atoms with van der Waals surface area (Å²) in [7, 11) is 2.11. The molecule has 1 aliphatic rings. The fraction of sp³-hybridized carbons (Fsp3) is 1.00. The van der Waals surface area contributed by atoms with Crippen LogP contribution in [0.3, 0.4) is 0 Å². The molecule has 66 valence electrons. The van der Waals surface area contributed by atoms with Crippen LogP contribution in [0.15, 0.2) is 0 Å². The molecule has 1 N–H and O–H groups in total. The first-order valence-corrected chi connectivity index (χ1v) is 4.45. The standard InChI is InChI=1S/C9H19NO/c1-8(2)9(11)4-6-10(3)7-5-9/h8,11H,4-7H2,1-3H3. The van der Waals surface area contributed by atoms with E-state index in [1.807, 2.05) is 0 Å². The molecule has 1 rings (SSSR count). The first kappa shape index (κ1) is 9.01. The summed E-state index contributed by atoms with van der Waals surface area (Å²) in [4.78, 5) is 2.27. The lowest BCUT2D eigenvalue weighted by Gasteiger charge is -2.39. The van der Waals surface area contributed by atoms with Crippen molar-refractivity contribution in [3.8, 4) is 0 Å². The number of hydrogen-bond donors (Lipinski definition) is 1. The van der Waals surface area contributed by atoms with Crippen molar-refractivity contribution in [3.63, 3.8) is 0 Å². The Hall–Kier alpha value is -0.0800. The third-order valence-corrected chi connectivity index (χ3v) is 2.93. The van der Waals surface area contributed by atoms with E-state index >= 15 is 0 Å². The maximum absolute atomic E-state index is 10.0. The Morgan fingerprint density at radius 1 is 1.27 bits per heavy atom. The van der Waals surface area contributed by atoms with Gasteiger partial charge in [-0.3, -0.25) is 0 Å². The zero-order valence-electron chi connectivity index (χ0n) is 7.80. The molecule has 0 amide bonds. The number of rotatable bonds is 1. The Bertz CT molecular complexity index is 126. The predicted octanol–water partition coefficient (Wildman–Crippen LogP) is 1.10. The third-order valence-electron chi connectivity index (χ3n) is 2.93. The number of hydrogen-bond acceptors (Lipinski definition) is 2. The molecule has 0 unspecified atom stereocenters. The van der Waals surface area contributed by atoms with Gasteiger partial charge in [0.05, 0.1) is 5.60 Å². The molecule has 0 aliphatic carbocycles. The SMILES string of the molecule is CC(C)C1(O)CCN(C)CC1. The van der Waals surface area contributed by atoms with Crippen molar-refractivity contribution in [2.75, 3.05) is 20.1 Å². The average Bonchev–Trinajstić information content (AvgIpc) is 1.95. The Morgan fingerprint density at radius 2 is 1.73 bits per heavy atom. The topological polar surface area (TPSA) is 23.5 Å². The number of nitrogens with zero attached hydrogens (tertiary/aromatic N) is 1. The van der Waals surface area contributed by atoms with Gasteiger partial charge in [-0.15, -0.1) is 0 Å². The molecule has 11 heavy (non-hydrogen) atoms. The molecular formula is C9H19NO. The molecule has 0 spiro atoms. The average molecular weight is 157 g/mol. The fourth-order valence-corrected chi connectivity index (χ4v) is 1.58. The van der Waals surface area contributed by atoms with E-state index in [1.54, 1.807) is 0 Å². The van der Waals surface area contributed by atoms with Crippen LogP contribution in [-0.2, 0) is 0 Å². The van der Waals surface area contributed by atoms with Crippen LogP contribution in [0.5, 0.6) is 0 Å². The minimum absolute atomic E-state index is 0.382. The van der Waals surface area contributed by atoms with E-state index in [9.17, 15) is 5.11 Å². The summed E-state index contributed by atoms with van der Waals surface area (Å²) in [5, 5.41) is 10.0. The van der Waals surface area contributed by atoms with E-state index in [1.165, 1.54) is 0 Å². The zero-order valence-corrected chi connectivity index (χ0v) is 7.80. The van der Waals surface area contributed by atoms with Gasteiger partial charge in [-0.2, -0.15) is 0 Å². The highest BCUT2D eigenvalue weighted by atomic mass is 16.3. The van der Waals surface area contributed by atoms with E-state index in [4.69, 9.17) is 0 Å². The van der Waals surface area contributed by atoms with Crippen molar-refractivity contribution in [2.45, 2.75) is 32.3 Å². The molecule has 0 bridgehead atoms. The van der Waals surface area contributed by atoms with Gasteiger partial charge >= 0.3 is 0 Å². The summed E-state index contributed by atoms with van der Waals surface area (Å²) in [5.74, 6) is 0.399. The van der Waals surface area contributed by atoms with Crippen LogP contribution in [0.2, 0.25) is 0 Å². The van der Waals surface area contributed by atoms with Gasteiger partial charge in [0.1, 0.15) is 0 Å². The van der Waals surface area contributed by atoms with Crippen molar-refractivity contribution < 1.29 is 5.11 Å². The molecule has 1 saturated heterocycles. The minimum atomic E-state index is -0.382. The van der Waals surface area contributed by atoms with Gasteiger partial charge in [-0.25, -0.2) is 0 Å². The molecule has 1 aliphatic heterocycles. The zero-order chi connectivity index (χ0) is 8.48. The second-order valence-corrected chi connectivity index (χ2v) is 4.06. The summed E-state index contributed by atoms with van der Waals surface area (Å²) in [6.45, 7) is 6.28. The summed E-state index contributed by atoms with van der Waals surface area (Å²) < 4.78 is 0. The van der Waals surface area contributed by atoms with E-state index in [0.717, 1.165) is 25.9 Å². The van der Waals surface area contributed by atoms with Gasteiger partial charge in [-0.1, -0.05) is 13.8 Å². The summed E-state index contributed by atoms with van der Waals surface area (Å²) >= 11 is 0. The lowest BCUT2D eigenvalue weighted by Crippen LogP contribution is -2.46. The van der Waals surface area contributed by atoms with Gasteiger partial charge < -0.3 is 10.0 Å². The first-order valence-electron chi connectivity index (χ1n) is 4.45. The molecule has 0 aromatic rings. The minimum Gasteiger partial charge on any atom is -0.390 e. The van der Waals surface area contributed by atoms with Crippen LogP contribution in [0.4, 0.5) is 0 Å². The Morgan fingerprint density at radius 3 is 2.09 bits per heavy atom. The van der Waals surface area contributed by atoms with Crippen molar-refractivity contribution in [1.82, 2.24) is 4.90 Å². The third kappa shape index (κ3) is 1.94. The van der Waals surface area contributed by atoms with E-state index in [-0.39, 0.29) is 5.60 Å². The lowest BCUT2D eigenvalue weighted by atomic mass is 9.82. The molecule has 0 radical (unpaired) electrons. The van der Waals surface area contributed by atoms with E-state index in [2.05, 4.69) is 25.8 Å². The van der Waals surface area contributed by atoms with Crippen molar-refractivity contribution in [3.05, 3.63) is 0 Å². The molecular weight excluding hydrogens is 138 g/mol. The second kappa shape index (κ2) is 3.11. The monoisotopic (exact) mass is 157 g/mol.